The van der Waals surface area contributed by atoms with Crippen LogP contribution in [0.5, 0.6) is 5.75 Å². The number of amides is 1. The number of carbonyl (C=O) groups is 1. The number of aromatic amines is 1. The number of anilines is 1. The van der Waals surface area contributed by atoms with E-state index in [0.717, 1.165) is 4.47 Å². The van der Waals surface area contributed by atoms with Crippen LogP contribution in [0.4, 0.5) is 5.69 Å². The second-order valence-corrected chi connectivity index (χ2v) is 4.46. The summed E-state index contributed by atoms with van der Waals surface area (Å²) in [5.74, 6) is 0.258. The number of aromatic nitrogens is 2. The Morgan fingerprint density at radius 1 is 1.37 bits per heavy atom. The summed E-state index contributed by atoms with van der Waals surface area (Å²) in [5, 5.41) is 8.51. The highest BCUT2D eigenvalue weighted by Gasteiger charge is 2.09. The van der Waals surface area contributed by atoms with Gasteiger partial charge in [0, 0.05) is 11.8 Å². The van der Waals surface area contributed by atoms with Crippen molar-refractivity contribution >= 4 is 27.5 Å². The van der Waals surface area contributed by atoms with Crippen molar-refractivity contribution in [3.8, 4) is 5.75 Å². The predicted molar refractivity (Wildman–Crippen MR) is 73.5 cm³/mol. The van der Waals surface area contributed by atoms with Crippen molar-refractivity contribution in [2.45, 2.75) is 0 Å². The molecule has 1 aromatic carbocycles. The third-order valence-electron chi connectivity index (χ3n) is 2.32. The molecule has 0 unspecified atom stereocenters. The first-order valence-electron chi connectivity index (χ1n) is 5.31. The van der Waals surface area contributed by atoms with Gasteiger partial charge in [-0.3, -0.25) is 9.59 Å². The van der Waals surface area contributed by atoms with Crippen LogP contribution < -0.4 is 15.6 Å². The van der Waals surface area contributed by atoms with Crippen LogP contribution in [0.2, 0.25) is 0 Å². The first-order chi connectivity index (χ1) is 9.10. The molecule has 0 aliphatic heterocycles. The van der Waals surface area contributed by atoms with Crippen LogP contribution in [0.25, 0.3) is 0 Å². The molecule has 1 amide bonds. The van der Waals surface area contributed by atoms with Gasteiger partial charge in [0.2, 0.25) is 0 Å². The van der Waals surface area contributed by atoms with Gasteiger partial charge in [0.15, 0.2) is 0 Å². The molecule has 1 aromatic heterocycles. The fourth-order valence-electron chi connectivity index (χ4n) is 1.41. The van der Waals surface area contributed by atoms with Gasteiger partial charge in [-0.2, -0.15) is 5.10 Å². The van der Waals surface area contributed by atoms with Gasteiger partial charge < -0.3 is 10.1 Å². The third-order valence-corrected chi connectivity index (χ3v) is 2.94. The number of hydrogen-bond donors (Lipinski definition) is 2. The number of hydrogen-bond acceptors (Lipinski definition) is 4. The number of H-pyrrole nitrogens is 1. The zero-order chi connectivity index (χ0) is 13.8. The highest BCUT2D eigenvalue weighted by Crippen LogP contribution is 2.27. The van der Waals surface area contributed by atoms with E-state index in [1.165, 1.54) is 12.1 Å². The average molecular weight is 324 g/mol. The van der Waals surface area contributed by atoms with Gasteiger partial charge in [-0.15, -0.1) is 0 Å². The fraction of sp³-hybridized carbons (Fsp3) is 0.0833. The van der Waals surface area contributed by atoms with Crippen molar-refractivity contribution in [3.63, 3.8) is 0 Å². The zero-order valence-corrected chi connectivity index (χ0v) is 11.5. The monoisotopic (exact) mass is 323 g/mol. The Bertz CT molecular complexity index is 649. The van der Waals surface area contributed by atoms with Crippen molar-refractivity contribution in [1.82, 2.24) is 10.2 Å². The van der Waals surface area contributed by atoms with Crippen LogP contribution in [-0.4, -0.2) is 23.2 Å². The molecule has 0 radical (unpaired) electrons. The highest BCUT2D eigenvalue weighted by atomic mass is 79.9. The van der Waals surface area contributed by atoms with Gasteiger partial charge in [0.25, 0.3) is 11.5 Å². The van der Waals surface area contributed by atoms with Crippen molar-refractivity contribution in [1.29, 1.82) is 0 Å². The molecule has 1 heterocycles. The van der Waals surface area contributed by atoms with E-state index < -0.39 is 5.91 Å². The van der Waals surface area contributed by atoms with Crippen LogP contribution in [0.15, 0.2) is 39.6 Å². The van der Waals surface area contributed by atoms with Crippen LogP contribution >= 0.6 is 15.9 Å². The second kappa shape index (κ2) is 5.66. The molecular weight excluding hydrogens is 314 g/mol. The standard InChI is InChI=1S/C12H10BrN3O3/c1-19-10-4-2-7(6-8(10)13)14-12(18)9-3-5-11(17)16-15-9/h2-6H,1H3,(H,14,18)(H,16,17). The van der Waals surface area contributed by atoms with Crippen LogP contribution in [0.3, 0.4) is 0 Å². The number of carbonyl (C=O) groups excluding carboxylic acids is 1. The Hall–Kier alpha value is -2.15. The Balaban J connectivity index is 2.17. The summed E-state index contributed by atoms with van der Waals surface area (Å²) >= 11 is 3.32. The van der Waals surface area contributed by atoms with E-state index in [1.54, 1.807) is 25.3 Å². The van der Waals surface area contributed by atoms with Gasteiger partial charge in [-0.25, -0.2) is 5.10 Å². The minimum atomic E-state index is -0.409. The fourth-order valence-corrected chi connectivity index (χ4v) is 1.95. The maximum absolute atomic E-state index is 11.8. The second-order valence-electron chi connectivity index (χ2n) is 3.61. The normalized spacial score (nSPS) is 10.0. The number of nitrogens with one attached hydrogen (secondary N) is 2. The van der Waals surface area contributed by atoms with Crippen LogP contribution in [0.1, 0.15) is 10.5 Å². The molecule has 0 atom stereocenters. The maximum Gasteiger partial charge on any atom is 0.276 e. The van der Waals surface area contributed by atoms with Gasteiger partial charge in [-0.1, -0.05) is 0 Å². The average Bonchev–Trinajstić information content (AvgIpc) is 2.39. The van der Waals surface area contributed by atoms with Gasteiger partial charge in [0.05, 0.1) is 11.6 Å². The first-order valence-corrected chi connectivity index (χ1v) is 6.10. The summed E-state index contributed by atoms with van der Waals surface area (Å²) in [6, 6.07) is 7.73. The Kier molecular flexibility index (Phi) is 3.96. The van der Waals surface area contributed by atoms with Crippen molar-refractivity contribution in [3.05, 3.63) is 50.9 Å². The number of ether oxygens (including phenoxy) is 1. The molecule has 0 aliphatic rings. The minimum absolute atomic E-state index is 0.131. The number of benzene rings is 1. The quantitative estimate of drug-likeness (QED) is 0.902. The van der Waals surface area contributed by atoms with Gasteiger partial charge in [0.1, 0.15) is 11.4 Å². The molecule has 0 bridgehead atoms. The SMILES string of the molecule is COc1ccc(NC(=O)c2ccc(=O)[nH]n2)cc1Br. The number of nitrogens with zero attached hydrogens (tertiary/aromatic N) is 1. The largest absolute Gasteiger partial charge is 0.496 e. The van der Waals surface area contributed by atoms with E-state index in [1.807, 2.05) is 0 Å². The molecule has 2 aromatic rings. The lowest BCUT2D eigenvalue weighted by molar-refractivity contribution is 0.102. The number of methoxy groups -OCH3 is 1. The lowest BCUT2D eigenvalue weighted by atomic mass is 10.3. The lowest BCUT2D eigenvalue weighted by Gasteiger charge is -2.07. The third kappa shape index (κ3) is 3.19. The molecule has 6 nitrogen and oxygen atoms in total. The van der Waals surface area contributed by atoms with E-state index in [0.29, 0.717) is 11.4 Å². The van der Waals surface area contributed by atoms with Crippen molar-refractivity contribution in [2.24, 2.45) is 0 Å². The van der Waals surface area contributed by atoms with E-state index in [-0.39, 0.29) is 11.3 Å². The molecule has 0 saturated heterocycles. The molecule has 0 saturated carbocycles. The summed E-state index contributed by atoms with van der Waals surface area (Å²) in [6.45, 7) is 0. The number of rotatable bonds is 3. The predicted octanol–water partition coefficient (Wildman–Crippen LogP) is 1.79. The Morgan fingerprint density at radius 2 is 2.16 bits per heavy atom. The molecule has 0 fully saturated rings. The summed E-state index contributed by atoms with van der Waals surface area (Å²) < 4.78 is 5.82. The molecule has 98 valence electrons. The Morgan fingerprint density at radius 3 is 2.74 bits per heavy atom. The Labute approximate surface area is 116 Å². The topological polar surface area (TPSA) is 84.1 Å². The van der Waals surface area contributed by atoms with E-state index >= 15 is 0 Å². The molecule has 7 heteroatoms. The summed E-state index contributed by atoms with van der Waals surface area (Å²) in [6.07, 6.45) is 0. The molecule has 2 rings (SSSR count). The summed E-state index contributed by atoms with van der Waals surface area (Å²) in [5.41, 5.74) is 0.362. The van der Waals surface area contributed by atoms with Gasteiger partial charge >= 0.3 is 0 Å². The molecule has 2 N–H and O–H groups in total. The zero-order valence-electron chi connectivity index (χ0n) is 9.94. The minimum Gasteiger partial charge on any atom is -0.496 e. The van der Waals surface area contributed by atoms with Crippen LogP contribution in [0, 0.1) is 0 Å². The van der Waals surface area contributed by atoms with E-state index in [9.17, 15) is 9.59 Å². The van der Waals surface area contributed by atoms with E-state index in [2.05, 4.69) is 31.4 Å². The first kappa shape index (κ1) is 13.3. The van der Waals surface area contributed by atoms with Crippen LogP contribution in [-0.2, 0) is 0 Å². The molecule has 0 spiro atoms. The highest BCUT2D eigenvalue weighted by molar-refractivity contribution is 9.10. The maximum atomic E-state index is 11.8. The molecular formula is C12H10BrN3O3. The smallest absolute Gasteiger partial charge is 0.276 e. The summed E-state index contributed by atoms with van der Waals surface area (Å²) in [4.78, 5) is 22.7. The van der Waals surface area contributed by atoms with Gasteiger partial charge in [-0.05, 0) is 40.2 Å². The van der Waals surface area contributed by atoms with E-state index in [4.69, 9.17) is 4.74 Å². The molecule has 0 aliphatic carbocycles. The van der Waals surface area contributed by atoms with Crippen molar-refractivity contribution in [2.75, 3.05) is 12.4 Å². The lowest BCUT2D eigenvalue weighted by Crippen LogP contribution is -2.17. The van der Waals surface area contributed by atoms with Crippen molar-refractivity contribution < 1.29 is 9.53 Å². The number of halogens is 1. The molecule has 19 heavy (non-hydrogen) atoms. The summed E-state index contributed by atoms with van der Waals surface area (Å²) in [7, 11) is 1.56.